The Hall–Kier alpha value is -1.87. The molecular formula is C16H15ClFNO. The number of carbonyl (C=O) groups excluding carboxylic acids is 1. The lowest BCUT2D eigenvalue weighted by Gasteiger charge is -2.06. The Labute approximate surface area is 122 Å². The van der Waals surface area contributed by atoms with Gasteiger partial charge in [0.2, 0.25) is 5.91 Å². The van der Waals surface area contributed by atoms with E-state index in [2.05, 4.69) is 5.32 Å². The van der Waals surface area contributed by atoms with Crippen molar-refractivity contribution in [2.24, 2.45) is 0 Å². The first-order valence-corrected chi connectivity index (χ1v) is 6.77. The average Bonchev–Trinajstić information content (AvgIpc) is 2.45. The van der Waals surface area contributed by atoms with Crippen LogP contribution in [0.3, 0.4) is 0 Å². The Balaban J connectivity index is 1.77. The summed E-state index contributed by atoms with van der Waals surface area (Å²) in [5.74, 6) is -0.310. The highest BCUT2D eigenvalue weighted by Crippen LogP contribution is 2.12. The molecular weight excluding hydrogens is 277 g/mol. The molecule has 20 heavy (non-hydrogen) atoms. The summed E-state index contributed by atoms with van der Waals surface area (Å²) in [7, 11) is 0. The highest BCUT2D eigenvalue weighted by Gasteiger charge is 2.03. The van der Waals surface area contributed by atoms with Gasteiger partial charge in [0, 0.05) is 18.0 Å². The summed E-state index contributed by atoms with van der Waals surface area (Å²) in [6.45, 7) is 0.411. The van der Waals surface area contributed by atoms with Gasteiger partial charge in [-0.15, -0.1) is 0 Å². The van der Waals surface area contributed by atoms with Crippen molar-refractivity contribution in [3.63, 3.8) is 0 Å². The van der Waals surface area contributed by atoms with E-state index in [4.69, 9.17) is 11.6 Å². The van der Waals surface area contributed by atoms with Gasteiger partial charge in [0.1, 0.15) is 5.82 Å². The number of carbonyl (C=O) groups is 1. The second-order valence-electron chi connectivity index (χ2n) is 4.53. The number of hydrogen-bond donors (Lipinski definition) is 1. The molecule has 0 bridgehead atoms. The third-order valence-electron chi connectivity index (χ3n) is 2.93. The lowest BCUT2D eigenvalue weighted by molar-refractivity contribution is -0.121. The summed E-state index contributed by atoms with van der Waals surface area (Å²) in [5, 5.41) is 3.48. The van der Waals surface area contributed by atoms with E-state index in [0.29, 0.717) is 24.4 Å². The minimum atomic E-state index is -0.277. The van der Waals surface area contributed by atoms with Crippen molar-refractivity contribution in [2.75, 3.05) is 0 Å². The van der Waals surface area contributed by atoms with E-state index in [1.54, 1.807) is 18.2 Å². The van der Waals surface area contributed by atoms with Crippen LogP contribution in [0.1, 0.15) is 17.5 Å². The smallest absolute Gasteiger partial charge is 0.220 e. The first-order valence-electron chi connectivity index (χ1n) is 6.39. The van der Waals surface area contributed by atoms with Crippen molar-refractivity contribution >= 4 is 17.5 Å². The summed E-state index contributed by atoms with van der Waals surface area (Å²) in [4.78, 5) is 11.7. The van der Waals surface area contributed by atoms with Gasteiger partial charge < -0.3 is 5.32 Å². The minimum Gasteiger partial charge on any atom is -0.352 e. The van der Waals surface area contributed by atoms with Gasteiger partial charge in [0.05, 0.1) is 0 Å². The molecule has 0 fully saturated rings. The SMILES string of the molecule is O=C(CCc1cccc(Cl)c1)NCc1ccc(F)cc1. The van der Waals surface area contributed by atoms with Gasteiger partial charge in [-0.2, -0.15) is 0 Å². The van der Waals surface area contributed by atoms with Crippen LogP contribution in [0.2, 0.25) is 5.02 Å². The van der Waals surface area contributed by atoms with E-state index in [9.17, 15) is 9.18 Å². The number of amides is 1. The molecule has 0 spiro atoms. The molecule has 0 saturated carbocycles. The second-order valence-corrected chi connectivity index (χ2v) is 4.97. The highest BCUT2D eigenvalue weighted by molar-refractivity contribution is 6.30. The van der Waals surface area contributed by atoms with E-state index in [1.165, 1.54) is 12.1 Å². The summed E-state index contributed by atoms with van der Waals surface area (Å²) >= 11 is 5.88. The lowest BCUT2D eigenvalue weighted by Crippen LogP contribution is -2.22. The van der Waals surface area contributed by atoms with Crippen LogP contribution >= 0.6 is 11.6 Å². The van der Waals surface area contributed by atoms with Crippen LogP contribution in [0.25, 0.3) is 0 Å². The number of nitrogens with one attached hydrogen (secondary N) is 1. The fourth-order valence-corrected chi connectivity index (χ4v) is 2.05. The zero-order valence-corrected chi connectivity index (χ0v) is 11.7. The van der Waals surface area contributed by atoms with E-state index >= 15 is 0 Å². The fourth-order valence-electron chi connectivity index (χ4n) is 1.84. The minimum absolute atomic E-state index is 0.0331. The van der Waals surface area contributed by atoms with E-state index < -0.39 is 0 Å². The summed E-state index contributed by atoms with van der Waals surface area (Å²) in [6, 6.07) is 13.6. The van der Waals surface area contributed by atoms with Crippen LogP contribution in [0.15, 0.2) is 48.5 Å². The molecule has 0 aliphatic carbocycles. The Morgan fingerprint density at radius 3 is 2.55 bits per heavy atom. The number of benzene rings is 2. The van der Waals surface area contributed by atoms with Crippen LogP contribution < -0.4 is 5.32 Å². The third kappa shape index (κ3) is 4.67. The van der Waals surface area contributed by atoms with Gasteiger partial charge in [-0.3, -0.25) is 4.79 Å². The molecule has 2 rings (SSSR count). The Morgan fingerprint density at radius 2 is 1.85 bits per heavy atom. The second kappa shape index (κ2) is 7.06. The summed E-state index contributed by atoms with van der Waals surface area (Å²) < 4.78 is 12.7. The van der Waals surface area contributed by atoms with Crippen molar-refractivity contribution in [3.8, 4) is 0 Å². The maximum absolute atomic E-state index is 12.7. The van der Waals surface area contributed by atoms with Crippen LogP contribution in [0, 0.1) is 5.82 Å². The van der Waals surface area contributed by atoms with Gasteiger partial charge in [-0.25, -0.2) is 4.39 Å². The monoisotopic (exact) mass is 291 g/mol. The lowest BCUT2D eigenvalue weighted by atomic mass is 10.1. The Kier molecular flexibility index (Phi) is 5.13. The first-order chi connectivity index (χ1) is 9.63. The zero-order chi connectivity index (χ0) is 14.4. The van der Waals surface area contributed by atoms with Crippen molar-refractivity contribution in [1.29, 1.82) is 0 Å². The third-order valence-corrected chi connectivity index (χ3v) is 3.17. The molecule has 4 heteroatoms. The molecule has 0 radical (unpaired) electrons. The normalized spacial score (nSPS) is 10.3. The summed E-state index contributed by atoms with van der Waals surface area (Å²) in [5.41, 5.74) is 1.91. The van der Waals surface area contributed by atoms with E-state index in [1.807, 2.05) is 18.2 Å². The van der Waals surface area contributed by atoms with Gasteiger partial charge in [-0.1, -0.05) is 35.9 Å². The summed E-state index contributed by atoms with van der Waals surface area (Å²) in [6.07, 6.45) is 1.05. The Bertz CT molecular complexity index is 583. The maximum atomic E-state index is 12.7. The van der Waals surface area contributed by atoms with Crippen molar-refractivity contribution in [2.45, 2.75) is 19.4 Å². The maximum Gasteiger partial charge on any atom is 0.220 e. The van der Waals surface area contributed by atoms with Crippen molar-refractivity contribution < 1.29 is 9.18 Å². The van der Waals surface area contributed by atoms with E-state index in [-0.39, 0.29) is 11.7 Å². The number of hydrogen-bond acceptors (Lipinski definition) is 1. The van der Waals surface area contributed by atoms with Crippen LogP contribution in [-0.4, -0.2) is 5.91 Å². The molecule has 0 aromatic heterocycles. The molecule has 0 saturated heterocycles. The predicted octanol–water partition coefficient (Wildman–Crippen LogP) is 3.73. The van der Waals surface area contributed by atoms with Gasteiger partial charge >= 0.3 is 0 Å². The average molecular weight is 292 g/mol. The number of aryl methyl sites for hydroxylation is 1. The van der Waals surface area contributed by atoms with Crippen LogP contribution in [0.5, 0.6) is 0 Å². The fraction of sp³-hybridized carbons (Fsp3) is 0.188. The molecule has 1 amide bonds. The van der Waals surface area contributed by atoms with Gasteiger partial charge in [-0.05, 0) is 41.8 Å². The van der Waals surface area contributed by atoms with Gasteiger partial charge in [0.25, 0.3) is 0 Å². The molecule has 2 nitrogen and oxygen atoms in total. The van der Waals surface area contributed by atoms with Crippen molar-refractivity contribution in [1.82, 2.24) is 5.32 Å². The molecule has 0 unspecified atom stereocenters. The predicted molar refractivity (Wildman–Crippen MR) is 78.0 cm³/mol. The Morgan fingerprint density at radius 1 is 1.10 bits per heavy atom. The highest BCUT2D eigenvalue weighted by atomic mass is 35.5. The topological polar surface area (TPSA) is 29.1 Å². The molecule has 104 valence electrons. The molecule has 0 aliphatic rings. The van der Waals surface area contributed by atoms with Crippen LogP contribution in [0.4, 0.5) is 4.39 Å². The zero-order valence-electron chi connectivity index (χ0n) is 10.9. The van der Waals surface area contributed by atoms with E-state index in [0.717, 1.165) is 11.1 Å². The largest absolute Gasteiger partial charge is 0.352 e. The number of halogens is 2. The standard InChI is InChI=1S/C16H15ClFNO/c17-14-3-1-2-12(10-14)6-9-16(20)19-11-13-4-7-15(18)8-5-13/h1-5,7-8,10H,6,9,11H2,(H,19,20). The van der Waals surface area contributed by atoms with Gasteiger partial charge in [0.15, 0.2) is 0 Å². The molecule has 2 aromatic rings. The quantitative estimate of drug-likeness (QED) is 0.893. The molecule has 0 heterocycles. The molecule has 0 aliphatic heterocycles. The molecule has 1 N–H and O–H groups in total. The van der Waals surface area contributed by atoms with Crippen LogP contribution in [-0.2, 0) is 17.8 Å². The molecule has 0 atom stereocenters. The number of rotatable bonds is 5. The first kappa shape index (κ1) is 14.5. The molecule has 2 aromatic carbocycles. The van der Waals surface area contributed by atoms with Crippen molar-refractivity contribution in [3.05, 3.63) is 70.5 Å².